The van der Waals surface area contributed by atoms with E-state index in [2.05, 4.69) is 59.6 Å². The van der Waals surface area contributed by atoms with Crippen LogP contribution in [-0.4, -0.2) is 12.1 Å². The van der Waals surface area contributed by atoms with Gasteiger partial charge in [0.25, 0.3) is 0 Å². The van der Waals surface area contributed by atoms with Gasteiger partial charge in [-0.1, -0.05) is 48.5 Å². The highest BCUT2D eigenvalue weighted by atomic mass is 16.5. The Bertz CT molecular complexity index is 1260. The first-order valence-electron chi connectivity index (χ1n) is 9.01. The number of ether oxygens (including phenoxy) is 2. The molecule has 1 aromatic heterocycles. The maximum atomic E-state index is 6.23. The van der Waals surface area contributed by atoms with Crippen molar-refractivity contribution in [1.29, 1.82) is 0 Å². The van der Waals surface area contributed by atoms with Crippen molar-refractivity contribution in [3.05, 3.63) is 84.4 Å². The van der Waals surface area contributed by atoms with Crippen LogP contribution < -0.4 is 9.47 Å². The quantitative estimate of drug-likeness (QED) is 0.426. The summed E-state index contributed by atoms with van der Waals surface area (Å²) in [5.41, 5.74) is 3.35. The number of fused-ring (bicyclic) bond motifs is 5. The van der Waals surface area contributed by atoms with Crippen molar-refractivity contribution in [2.24, 2.45) is 0 Å². The van der Waals surface area contributed by atoms with Crippen LogP contribution in [0.25, 0.3) is 32.6 Å². The minimum Gasteiger partial charge on any atom is -0.497 e. The van der Waals surface area contributed by atoms with E-state index in [-0.39, 0.29) is 0 Å². The molecule has 1 heterocycles. The molecule has 0 unspecified atom stereocenters. The van der Waals surface area contributed by atoms with Crippen LogP contribution in [0.2, 0.25) is 0 Å². The van der Waals surface area contributed by atoms with Gasteiger partial charge < -0.3 is 14.5 Å². The summed E-state index contributed by atoms with van der Waals surface area (Å²) in [6.07, 6.45) is 0. The SMILES string of the molecule is COc1ccc2c(c1)c(OCc1ccccc1)cc1[nH]c3ccccc3c12. The summed E-state index contributed by atoms with van der Waals surface area (Å²) < 4.78 is 11.7. The van der Waals surface area contributed by atoms with Crippen LogP contribution in [0.1, 0.15) is 5.56 Å². The number of aromatic amines is 1. The second-order valence-corrected chi connectivity index (χ2v) is 6.65. The Kier molecular flexibility index (Phi) is 3.72. The van der Waals surface area contributed by atoms with Gasteiger partial charge in [0.05, 0.1) is 12.6 Å². The minimum absolute atomic E-state index is 0.527. The zero-order valence-corrected chi connectivity index (χ0v) is 15.0. The summed E-state index contributed by atoms with van der Waals surface area (Å²) in [6, 6.07) is 26.9. The van der Waals surface area contributed by atoms with Crippen molar-refractivity contribution in [2.75, 3.05) is 7.11 Å². The molecule has 0 aliphatic rings. The molecule has 0 fully saturated rings. The summed E-state index contributed by atoms with van der Waals surface area (Å²) in [6.45, 7) is 0.527. The molecule has 5 aromatic rings. The van der Waals surface area contributed by atoms with E-state index in [4.69, 9.17) is 9.47 Å². The first kappa shape index (κ1) is 15.8. The van der Waals surface area contributed by atoms with E-state index in [1.54, 1.807) is 7.11 Å². The molecule has 27 heavy (non-hydrogen) atoms. The van der Waals surface area contributed by atoms with Gasteiger partial charge in [0.1, 0.15) is 18.1 Å². The molecule has 0 saturated carbocycles. The van der Waals surface area contributed by atoms with Gasteiger partial charge in [0.15, 0.2) is 0 Å². The molecule has 132 valence electrons. The maximum absolute atomic E-state index is 6.23. The maximum Gasteiger partial charge on any atom is 0.129 e. The molecule has 0 saturated heterocycles. The third-order valence-electron chi connectivity index (χ3n) is 5.01. The third-order valence-corrected chi connectivity index (χ3v) is 5.01. The van der Waals surface area contributed by atoms with Crippen LogP contribution in [0, 0.1) is 0 Å². The smallest absolute Gasteiger partial charge is 0.129 e. The highest BCUT2D eigenvalue weighted by Crippen LogP contribution is 2.39. The number of para-hydroxylation sites is 1. The van der Waals surface area contributed by atoms with Gasteiger partial charge in [-0.3, -0.25) is 0 Å². The van der Waals surface area contributed by atoms with Gasteiger partial charge in [-0.2, -0.15) is 0 Å². The molecule has 1 N–H and O–H groups in total. The molecule has 4 aromatic carbocycles. The number of H-pyrrole nitrogens is 1. The first-order chi connectivity index (χ1) is 13.3. The lowest BCUT2D eigenvalue weighted by Crippen LogP contribution is -1.96. The lowest BCUT2D eigenvalue weighted by Gasteiger charge is -2.12. The molecule has 0 atom stereocenters. The van der Waals surface area contributed by atoms with Gasteiger partial charge in [0, 0.05) is 27.7 Å². The predicted octanol–water partition coefficient (Wildman–Crippen LogP) is 6.06. The summed E-state index contributed by atoms with van der Waals surface area (Å²) in [7, 11) is 1.69. The predicted molar refractivity (Wildman–Crippen MR) is 111 cm³/mol. The summed E-state index contributed by atoms with van der Waals surface area (Å²) in [4.78, 5) is 3.53. The van der Waals surface area contributed by atoms with E-state index in [1.807, 2.05) is 24.3 Å². The zero-order chi connectivity index (χ0) is 18.2. The molecule has 3 heteroatoms. The molecule has 0 amide bonds. The highest BCUT2D eigenvalue weighted by molar-refractivity contribution is 6.21. The fourth-order valence-electron chi connectivity index (χ4n) is 3.70. The molecule has 0 aliphatic heterocycles. The zero-order valence-electron chi connectivity index (χ0n) is 15.0. The Balaban J connectivity index is 1.73. The van der Waals surface area contributed by atoms with Crippen LogP contribution in [0.15, 0.2) is 78.9 Å². The van der Waals surface area contributed by atoms with Crippen LogP contribution in [0.3, 0.4) is 0 Å². The van der Waals surface area contributed by atoms with Crippen molar-refractivity contribution in [3.8, 4) is 11.5 Å². The molecule has 5 rings (SSSR count). The van der Waals surface area contributed by atoms with Crippen molar-refractivity contribution in [3.63, 3.8) is 0 Å². The number of methoxy groups -OCH3 is 1. The highest BCUT2D eigenvalue weighted by Gasteiger charge is 2.13. The van der Waals surface area contributed by atoms with Gasteiger partial charge in [-0.05, 0) is 35.2 Å². The van der Waals surface area contributed by atoms with Gasteiger partial charge >= 0.3 is 0 Å². The van der Waals surface area contributed by atoms with E-state index in [9.17, 15) is 0 Å². The van der Waals surface area contributed by atoms with Gasteiger partial charge in [0.2, 0.25) is 0 Å². The van der Waals surface area contributed by atoms with Crippen LogP contribution in [-0.2, 0) is 6.61 Å². The number of aromatic nitrogens is 1. The average molecular weight is 353 g/mol. The standard InChI is InChI=1S/C24H19NO2/c1-26-17-11-12-18-20(13-17)23(27-15-16-7-3-2-4-8-16)14-22-24(18)19-9-5-6-10-21(19)25-22/h2-14,25H,15H2,1H3. The lowest BCUT2D eigenvalue weighted by atomic mass is 10.0. The van der Waals surface area contributed by atoms with Crippen molar-refractivity contribution >= 4 is 32.6 Å². The normalized spacial score (nSPS) is 11.3. The number of rotatable bonds is 4. The van der Waals surface area contributed by atoms with Crippen molar-refractivity contribution in [2.45, 2.75) is 6.61 Å². The van der Waals surface area contributed by atoms with E-state index >= 15 is 0 Å². The number of nitrogens with one attached hydrogen (secondary N) is 1. The van der Waals surface area contributed by atoms with E-state index < -0.39 is 0 Å². The van der Waals surface area contributed by atoms with E-state index in [1.165, 1.54) is 10.8 Å². The number of benzene rings is 4. The Labute approximate surface area is 157 Å². The summed E-state index contributed by atoms with van der Waals surface area (Å²) in [5.74, 6) is 1.68. The van der Waals surface area contributed by atoms with Gasteiger partial charge in [-0.15, -0.1) is 0 Å². The Morgan fingerprint density at radius 2 is 1.56 bits per heavy atom. The largest absolute Gasteiger partial charge is 0.497 e. The van der Waals surface area contributed by atoms with E-state index in [0.29, 0.717) is 6.61 Å². The van der Waals surface area contributed by atoms with Crippen LogP contribution in [0.4, 0.5) is 0 Å². The molecule has 0 radical (unpaired) electrons. The fraction of sp³-hybridized carbons (Fsp3) is 0.0833. The number of hydrogen-bond acceptors (Lipinski definition) is 2. The molecule has 0 aliphatic carbocycles. The molecule has 0 spiro atoms. The van der Waals surface area contributed by atoms with Gasteiger partial charge in [-0.25, -0.2) is 0 Å². The monoisotopic (exact) mass is 353 g/mol. The Morgan fingerprint density at radius 3 is 2.41 bits per heavy atom. The lowest BCUT2D eigenvalue weighted by molar-refractivity contribution is 0.310. The summed E-state index contributed by atoms with van der Waals surface area (Å²) in [5, 5.41) is 4.66. The van der Waals surface area contributed by atoms with Crippen molar-refractivity contribution < 1.29 is 9.47 Å². The second kappa shape index (κ2) is 6.36. The Hall–Kier alpha value is -3.46. The summed E-state index contributed by atoms with van der Waals surface area (Å²) >= 11 is 0. The average Bonchev–Trinajstić information content (AvgIpc) is 3.10. The topological polar surface area (TPSA) is 34.2 Å². The first-order valence-corrected chi connectivity index (χ1v) is 9.01. The molecule has 3 nitrogen and oxygen atoms in total. The minimum atomic E-state index is 0.527. The molecular formula is C24H19NO2. The van der Waals surface area contributed by atoms with E-state index in [0.717, 1.165) is 38.9 Å². The van der Waals surface area contributed by atoms with Crippen LogP contribution >= 0.6 is 0 Å². The fourth-order valence-corrected chi connectivity index (χ4v) is 3.70. The third kappa shape index (κ3) is 2.68. The van der Waals surface area contributed by atoms with Crippen molar-refractivity contribution in [1.82, 2.24) is 4.98 Å². The second-order valence-electron chi connectivity index (χ2n) is 6.65. The Morgan fingerprint density at radius 1 is 0.741 bits per heavy atom. The van der Waals surface area contributed by atoms with Crippen LogP contribution in [0.5, 0.6) is 11.5 Å². The molecular weight excluding hydrogens is 334 g/mol. The molecule has 0 bridgehead atoms. The number of hydrogen-bond donors (Lipinski definition) is 1.